The van der Waals surface area contributed by atoms with Crippen molar-refractivity contribution in [2.45, 2.75) is 13.2 Å². The largest absolute Gasteiger partial charge is 0.354 e. The molecule has 1 atom stereocenters. The average molecular weight is 290 g/mol. The second-order valence-electron chi connectivity index (χ2n) is 4.23. The highest BCUT2D eigenvalue weighted by atomic mass is 35.5. The van der Waals surface area contributed by atoms with Crippen LogP contribution < -0.4 is 5.32 Å². The molecule has 0 spiro atoms. The zero-order chi connectivity index (χ0) is 14.4. The van der Waals surface area contributed by atoms with Gasteiger partial charge in [0.2, 0.25) is 0 Å². The summed E-state index contributed by atoms with van der Waals surface area (Å²) in [6, 6.07) is 16.3. The van der Waals surface area contributed by atoms with Gasteiger partial charge < -0.3 is 10.1 Å². The van der Waals surface area contributed by atoms with Crippen LogP contribution in [0.5, 0.6) is 0 Å². The van der Waals surface area contributed by atoms with E-state index in [1.807, 2.05) is 37.3 Å². The van der Waals surface area contributed by atoms with Crippen LogP contribution in [-0.2, 0) is 4.74 Å². The van der Waals surface area contributed by atoms with Crippen molar-refractivity contribution in [2.75, 3.05) is 6.61 Å². The summed E-state index contributed by atoms with van der Waals surface area (Å²) < 4.78 is 5.59. The second kappa shape index (κ2) is 7.08. The molecule has 0 saturated carbocycles. The summed E-state index contributed by atoms with van der Waals surface area (Å²) in [5.74, 6) is -0.168. The van der Waals surface area contributed by atoms with E-state index in [9.17, 15) is 4.79 Å². The van der Waals surface area contributed by atoms with Crippen LogP contribution >= 0.6 is 11.6 Å². The minimum atomic E-state index is -0.482. The Bertz CT molecular complexity index is 554. The molecule has 1 N–H and O–H groups in total. The molecule has 0 heterocycles. The summed E-state index contributed by atoms with van der Waals surface area (Å²) in [5, 5.41) is 3.52. The monoisotopic (exact) mass is 289 g/mol. The van der Waals surface area contributed by atoms with E-state index in [4.69, 9.17) is 16.3 Å². The van der Waals surface area contributed by atoms with Crippen molar-refractivity contribution in [3.05, 3.63) is 70.7 Å². The predicted molar refractivity (Wildman–Crippen MR) is 79.7 cm³/mol. The zero-order valence-corrected chi connectivity index (χ0v) is 11.9. The Morgan fingerprint density at radius 1 is 1.15 bits per heavy atom. The Labute approximate surface area is 123 Å². The molecular weight excluding hydrogens is 274 g/mol. The van der Waals surface area contributed by atoms with Crippen LogP contribution in [-0.4, -0.2) is 12.5 Å². The van der Waals surface area contributed by atoms with Crippen LogP contribution in [0.1, 0.15) is 29.1 Å². The number of amides is 1. The summed E-state index contributed by atoms with van der Waals surface area (Å²) in [7, 11) is 0. The SMILES string of the molecule is CCOC(NC(=O)c1ccccc1)c1ccc(Cl)cc1. The van der Waals surface area contributed by atoms with E-state index in [1.54, 1.807) is 24.3 Å². The maximum Gasteiger partial charge on any atom is 0.253 e. The number of carbonyl (C=O) groups is 1. The molecule has 1 unspecified atom stereocenters. The first-order valence-corrected chi connectivity index (χ1v) is 6.81. The fraction of sp³-hybridized carbons (Fsp3) is 0.188. The Morgan fingerprint density at radius 3 is 2.40 bits per heavy atom. The Morgan fingerprint density at radius 2 is 1.80 bits per heavy atom. The fourth-order valence-electron chi connectivity index (χ4n) is 1.82. The quantitative estimate of drug-likeness (QED) is 0.850. The molecular formula is C16H16ClNO2. The third-order valence-electron chi connectivity index (χ3n) is 2.80. The van der Waals surface area contributed by atoms with Crippen LogP contribution in [0.15, 0.2) is 54.6 Å². The number of rotatable bonds is 5. The van der Waals surface area contributed by atoms with E-state index >= 15 is 0 Å². The highest BCUT2D eigenvalue weighted by molar-refractivity contribution is 6.30. The lowest BCUT2D eigenvalue weighted by Gasteiger charge is -2.19. The summed E-state index contributed by atoms with van der Waals surface area (Å²) in [5.41, 5.74) is 1.46. The van der Waals surface area contributed by atoms with Gasteiger partial charge in [-0.1, -0.05) is 41.9 Å². The lowest BCUT2D eigenvalue weighted by molar-refractivity contribution is 0.0336. The molecule has 2 rings (SSSR count). The van der Waals surface area contributed by atoms with E-state index in [2.05, 4.69) is 5.32 Å². The van der Waals surface area contributed by atoms with Crippen LogP contribution in [0.4, 0.5) is 0 Å². The van der Waals surface area contributed by atoms with E-state index in [0.717, 1.165) is 5.56 Å². The molecule has 0 radical (unpaired) electrons. The van der Waals surface area contributed by atoms with Gasteiger partial charge in [-0.15, -0.1) is 0 Å². The number of benzene rings is 2. The van der Waals surface area contributed by atoms with Crippen molar-refractivity contribution in [3.8, 4) is 0 Å². The molecule has 2 aromatic carbocycles. The van der Waals surface area contributed by atoms with Gasteiger partial charge in [-0.3, -0.25) is 4.79 Å². The summed E-state index contributed by atoms with van der Waals surface area (Å²) in [6.45, 7) is 2.39. The normalized spacial score (nSPS) is 11.9. The maximum atomic E-state index is 12.2. The highest BCUT2D eigenvalue weighted by Crippen LogP contribution is 2.18. The third kappa shape index (κ3) is 3.83. The molecule has 0 bridgehead atoms. The minimum Gasteiger partial charge on any atom is -0.354 e. The first kappa shape index (κ1) is 14.6. The summed E-state index contributed by atoms with van der Waals surface area (Å²) >= 11 is 5.87. The molecule has 4 heteroatoms. The topological polar surface area (TPSA) is 38.3 Å². The van der Waals surface area contributed by atoms with Crippen molar-refractivity contribution in [1.82, 2.24) is 5.32 Å². The Kier molecular flexibility index (Phi) is 5.16. The fourth-order valence-corrected chi connectivity index (χ4v) is 1.94. The van der Waals surface area contributed by atoms with Crippen molar-refractivity contribution in [1.29, 1.82) is 0 Å². The van der Waals surface area contributed by atoms with Crippen molar-refractivity contribution in [2.24, 2.45) is 0 Å². The smallest absolute Gasteiger partial charge is 0.253 e. The number of halogens is 1. The molecule has 0 aliphatic heterocycles. The summed E-state index contributed by atoms with van der Waals surface area (Å²) in [4.78, 5) is 12.2. The van der Waals surface area contributed by atoms with Crippen LogP contribution in [0.25, 0.3) is 0 Å². The molecule has 3 nitrogen and oxygen atoms in total. The number of hydrogen-bond donors (Lipinski definition) is 1. The van der Waals surface area contributed by atoms with E-state index in [0.29, 0.717) is 17.2 Å². The minimum absolute atomic E-state index is 0.168. The van der Waals surface area contributed by atoms with Gasteiger partial charge in [-0.25, -0.2) is 0 Å². The molecule has 0 fully saturated rings. The van der Waals surface area contributed by atoms with Gasteiger partial charge in [0, 0.05) is 22.8 Å². The summed E-state index contributed by atoms with van der Waals surface area (Å²) in [6.07, 6.45) is -0.482. The molecule has 20 heavy (non-hydrogen) atoms. The Hall–Kier alpha value is -1.84. The van der Waals surface area contributed by atoms with Gasteiger partial charge in [0.15, 0.2) is 6.23 Å². The third-order valence-corrected chi connectivity index (χ3v) is 3.06. The average Bonchev–Trinajstić information content (AvgIpc) is 2.48. The molecule has 104 valence electrons. The lowest BCUT2D eigenvalue weighted by atomic mass is 10.1. The first-order valence-electron chi connectivity index (χ1n) is 6.43. The maximum absolute atomic E-state index is 12.2. The highest BCUT2D eigenvalue weighted by Gasteiger charge is 2.15. The van der Waals surface area contributed by atoms with Gasteiger partial charge in [0.1, 0.15) is 0 Å². The van der Waals surface area contributed by atoms with Gasteiger partial charge in [0.05, 0.1) is 0 Å². The molecule has 0 saturated heterocycles. The Balaban J connectivity index is 2.13. The molecule has 2 aromatic rings. The van der Waals surface area contributed by atoms with Crippen LogP contribution in [0, 0.1) is 0 Å². The molecule has 0 aromatic heterocycles. The molecule has 0 aliphatic rings. The number of hydrogen-bond acceptors (Lipinski definition) is 2. The van der Waals surface area contributed by atoms with Crippen molar-refractivity contribution < 1.29 is 9.53 Å². The van der Waals surface area contributed by atoms with Gasteiger partial charge in [-0.2, -0.15) is 0 Å². The lowest BCUT2D eigenvalue weighted by Crippen LogP contribution is -2.30. The van der Waals surface area contributed by atoms with Crippen LogP contribution in [0.3, 0.4) is 0 Å². The standard InChI is InChI=1S/C16H16ClNO2/c1-2-20-16(13-8-10-14(17)11-9-13)18-15(19)12-6-4-3-5-7-12/h3-11,16H,2H2,1H3,(H,18,19). The van der Waals surface area contributed by atoms with E-state index in [1.165, 1.54) is 0 Å². The van der Waals surface area contributed by atoms with Gasteiger partial charge in [-0.05, 0) is 31.2 Å². The van der Waals surface area contributed by atoms with Crippen molar-refractivity contribution >= 4 is 17.5 Å². The molecule has 0 aliphatic carbocycles. The predicted octanol–water partition coefficient (Wildman–Crippen LogP) is 3.81. The number of carbonyl (C=O) groups excluding carboxylic acids is 1. The number of nitrogens with one attached hydrogen (secondary N) is 1. The zero-order valence-electron chi connectivity index (χ0n) is 11.2. The second-order valence-corrected chi connectivity index (χ2v) is 4.66. The van der Waals surface area contributed by atoms with Gasteiger partial charge >= 0.3 is 0 Å². The first-order chi connectivity index (χ1) is 9.70. The van der Waals surface area contributed by atoms with E-state index < -0.39 is 6.23 Å². The van der Waals surface area contributed by atoms with Crippen molar-refractivity contribution in [3.63, 3.8) is 0 Å². The number of ether oxygens (including phenoxy) is 1. The van der Waals surface area contributed by atoms with E-state index in [-0.39, 0.29) is 5.91 Å². The molecule has 1 amide bonds. The van der Waals surface area contributed by atoms with Gasteiger partial charge in [0.25, 0.3) is 5.91 Å². The van der Waals surface area contributed by atoms with Crippen LogP contribution in [0.2, 0.25) is 5.02 Å².